The van der Waals surface area contributed by atoms with Gasteiger partial charge in [-0.2, -0.15) is 0 Å². The molecule has 0 fully saturated rings. The first-order valence-corrected chi connectivity index (χ1v) is 10.0. The van der Waals surface area contributed by atoms with Crippen LogP contribution in [0.3, 0.4) is 0 Å². The Kier molecular flexibility index (Phi) is 6.58. The second-order valence-electron chi connectivity index (χ2n) is 5.93. The Labute approximate surface area is 177 Å². The number of carbonyl (C=O) groups excluding carboxylic acids is 2. The third-order valence-corrected chi connectivity index (χ3v) is 5.26. The van der Waals surface area contributed by atoms with Crippen molar-refractivity contribution in [3.8, 4) is 10.4 Å². The molecule has 3 rings (SSSR count). The largest absolute Gasteiger partial charge is 0.462 e. The molecule has 0 saturated heterocycles. The number of primary amides is 1. The van der Waals surface area contributed by atoms with Crippen molar-refractivity contribution in [1.29, 1.82) is 0 Å². The molecule has 0 atom stereocenters. The van der Waals surface area contributed by atoms with Crippen LogP contribution in [0.15, 0.2) is 60.7 Å². The van der Waals surface area contributed by atoms with Gasteiger partial charge in [-0.1, -0.05) is 42.5 Å². The van der Waals surface area contributed by atoms with Gasteiger partial charge in [0.15, 0.2) is 5.11 Å². The number of esters is 1. The Balaban J connectivity index is 1.87. The van der Waals surface area contributed by atoms with Crippen LogP contribution in [0.25, 0.3) is 10.4 Å². The molecule has 1 aromatic heterocycles. The lowest BCUT2D eigenvalue weighted by Gasteiger charge is -2.12. The summed E-state index contributed by atoms with van der Waals surface area (Å²) in [4.78, 5) is 24.9. The van der Waals surface area contributed by atoms with Gasteiger partial charge in [0.05, 0.1) is 23.4 Å². The van der Waals surface area contributed by atoms with Crippen LogP contribution in [-0.2, 0) is 4.74 Å². The lowest BCUT2D eigenvalue weighted by molar-refractivity contribution is 0.0528. The molecule has 1 heterocycles. The van der Waals surface area contributed by atoms with Gasteiger partial charge < -0.3 is 21.1 Å². The van der Waals surface area contributed by atoms with Crippen molar-refractivity contribution in [1.82, 2.24) is 0 Å². The van der Waals surface area contributed by atoms with Gasteiger partial charge >= 0.3 is 5.97 Å². The molecule has 2 aromatic carbocycles. The molecule has 3 aromatic rings. The SMILES string of the molecule is CCOC(=O)c1cc(-c2ccccc2)sc1NC(=S)Nc1ccccc1C(N)=O. The Morgan fingerprint density at radius 3 is 2.41 bits per heavy atom. The lowest BCUT2D eigenvalue weighted by atomic mass is 10.1. The Morgan fingerprint density at radius 2 is 1.72 bits per heavy atom. The summed E-state index contributed by atoms with van der Waals surface area (Å²) in [5, 5.41) is 6.78. The number of ether oxygens (including phenoxy) is 1. The molecule has 0 radical (unpaired) electrons. The Morgan fingerprint density at radius 1 is 1.03 bits per heavy atom. The van der Waals surface area contributed by atoms with Crippen molar-refractivity contribution >= 4 is 51.2 Å². The molecular weight excluding hydrogens is 406 g/mol. The summed E-state index contributed by atoms with van der Waals surface area (Å²) in [6.45, 7) is 2.02. The number of thiocarbonyl (C=S) groups is 1. The fourth-order valence-electron chi connectivity index (χ4n) is 2.65. The maximum Gasteiger partial charge on any atom is 0.341 e. The van der Waals surface area contributed by atoms with Crippen molar-refractivity contribution in [2.75, 3.05) is 17.2 Å². The van der Waals surface area contributed by atoms with Crippen LogP contribution < -0.4 is 16.4 Å². The summed E-state index contributed by atoms with van der Waals surface area (Å²) >= 11 is 6.77. The third-order valence-electron chi connectivity index (χ3n) is 3.95. The molecule has 8 heteroatoms. The van der Waals surface area contributed by atoms with E-state index in [0.717, 1.165) is 10.4 Å². The number of rotatable bonds is 6. The minimum atomic E-state index is -0.564. The van der Waals surface area contributed by atoms with E-state index in [2.05, 4.69) is 10.6 Å². The number of nitrogens with two attached hydrogens (primary N) is 1. The zero-order valence-corrected chi connectivity index (χ0v) is 17.2. The summed E-state index contributed by atoms with van der Waals surface area (Å²) < 4.78 is 5.17. The average molecular weight is 426 g/mol. The summed E-state index contributed by atoms with van der Waals surface area (Å²) in [6.07, 6.45) is 0. The Bertz CT molecular complexity index is 1050. The number of benzene rings is 2. The highest BCUT2D eigenvalue weighted by Crippen LogP contribution is 2.36. The molecule has 4 N–H and O–H groups in total. The quantitative estimate of drug-likeness (QED) is 0.398. The predicted molar refractivity (Wildman–Crippen MR) is 121 cm³/mol. The summed E-state index contributed by atoms with van der Waals surface area (Å²) in [6, 6.07) is 18.3. The lowest BCUT2D eigenvalue weighted by Crippen LogP contribution is -2.22. The standard InChI is InChI=1S/C21H19N3O3S2/c1-2-27-20(26)15-12-17(13-8-4-3-5-9-13)29-19(15)24-21(28)23-16-11-7-6-10-14(16)18(22)25/h3-12H,2H2,1H3,(H2,22,25)(H2,23,24,28). The summed E-state index contributed by atoms with van der Waals surface area (Å²) in [5.41, 5.74) is 7.58. The average Bonchev–Trinajstić information content (AvgIpc) is 3.13. The van der Waals surface area contributed by atoms with E-state index in [0.29, 0.717) is 21.8 Å². The second-order valence-corrected chi connectivity index (χ2v) is 7.39. The van der Waals surface area contributed by atoms with Crippen LogP contribution in [0.2, 0.25) is 0 Å². The zero-order chi connectivity index (χ0) is 20.8. The minimum absolute atomic E-state index is 0.228. The van der Waals surface area contributed by atoms with Gasteiger partial charge in [0, 0.05) is 4.88 Å². The number of anilines is 2. The molecular formula is C21H19N3O3S2. The molecule has 29 heavy (non-hydrogen) atoms. The van der Waals surface area contributed by atoms with Gasteiger partial charge in [-0.05, 0) is 42.9 Å². The van der Waals surface area contributed by atoms with E-state index in [4.69, 9.17) is 22.7 Å². The van der Waals surface area contributed by atoms with Crippen LogP contribution in [0, 0.1) is 0 Å². The van der Waals surface area contributed by atoms with E-state index >= 15 is 0 Å². The van der Waals surface area contributed by atoms with E-state index in [-0.39, 0.29) is 11.7 Å². The van der Waals surface area contributed by atoms with Crippen molar-refractivity contribution in [2.24, 2.45) is 5.73 Å². The van der Waals surface area contributed by atoms with E-state index in [1.807, 2.05) is 30.3 Å². The van der Waals surface area contributed by atoms with Gasteiger partial charge in [0.25, 0.3) is 5.91 Å². The molecule has 148 valence electrons. The topological polar surface area (TPSA) is 93.4 Å². The third kappa shape index (κ3) is 4.98. The highest BCUT2D eigenvalue weighted by Gasteiger charge is 2.19. The molecule has 0 bridgehead atoms. The smallest absolute Gasteiger partial charge is 0.341 e. The molecule has 1 amide bonds. The number of thiophene rings is 1. The molecule has 0 aliphatic rings. The molecule has 0 aliphatic heterocycles. The van der Waals surface area contributed by atoms with E-state index in [9.17, 15) is 9.59 Å². The highest BCUT2D eigenvalue weighted by molar-refractivity contribution is 7.80. The molecule has 0 aliphatic carbocycles. The van der Waals surface area contributed by atoms with Gasteiger partial charge in [0.2, 0.25) is 0 Å². The number of amides is 1. The fourth-order valence-corrected chi connectivity index (χ4v) is 3.99. The molecule has 0 unspecified atom stereocenters. The number of para-hydroxylation sites is 1. The fraction of sp³-hybridized carbons (Fsp3) is 0.0952. The van der Waals surface area contributed by atoms with Crippen molar-refractivity contribution in [3.05, 3.63) is 71.8 Å². The first-order valence-electron chi connectivity index (χ1n) is 8.82. The van der Waals surface area contributed by atoms with E-state index < -0.39 is 11.9 Å². The van der Waals surface area contributed by atoms with Crippen molar-refractivity contribution in [3.63, 3.8) is 0 Å². The van der Waals surface area contributed by atoms with Gasteiger partial charge in [-0.3, -0.25) is 4.79 Å². The van der Waals surface area contributed by atoms with Gasteiger partial charge in [-0.25, -0.2) is 4.79 Å². The Hall–Kier alpha value is -3.23. The van der Waals surface area contributed by atoms with Crippen LogP contribution in [0.4, 0.5) is 10.7 Å². The van der Waals surface area contributed by atoms with Crippen LogP contribution in [0.1, 0.15) is 27.6 Å². The predicted octanol–water partition coefficient (Wildman–Crippen LogP) is 4.50. The second kappa shape index (κ2) is 9.31. The molecule has 0 saturated carbocycles. The van der Waals surface area contributed by atoms with Gasteiger partial charge in [-0.15, -0.1) is 11.3 Å². The van der Waals surface area contributed by atoms with Gasteiger partial charge in [0.1, 0.15) is 5.00 Å². The van der Waals surface area contributed by atoms with Crippen LogP contribution >= 0.6 is 23.6 Å². The van der Waals surface area contributed by atoms with Crippen molar-refractivity contribution < 1.29 is 14.3 Å². The monoisotopic (exact) mass is 425 g/mol. The molecule has 0 spiro atoms. The summed E-state index contributed by atoms with van der Waals surface area (Å²) in [5.74, 6) is -1.00. The van der Waals surface area contributed by atoms with Crippen LogP contribution in [0.5, 0.6) is 0 Å². The molecule has 6 nitrogen and oxygen atoms in total. The maximum atomic E-state index is 12.4. The normalized spacial score (nSPS) is 10.2. The number of hydrogen-bond donors (Lipinski definition) is 3. The number of hydrogen-bond acceptors (Lipinski definition) is 5. The van der Waals surface area contributed by atoms with E-state index in [1.54, 1.807) is 37.3 Å². The van der Waals surface area contributed by atoms with Crippen LogP contribution in [-0.4, -0.2) is 23.6 Å². The van der Waals surface area contributed by atoms with Crippen molar-refractivity contribution in [2.45, 2.75) is 6.92 Å². The zero-order valence-electron chi connectivity index (χ0n) is 15.6. The number of carbonyl (C=O) groups is 2. The summed E-state index contributed by atoms with van der Waals surface area (Å²) in [7, 11) is 0. The minimum Gasteiger partial charge on any atom is -0.462 e. The first-order chi connectivity index (χ1) is 14.0. The number of nitrogens with one attached hydrogen (secondary N) is 2. The highest BCUT2D eigenvalue weighted by atomic mass is 32.1. The first kappa shape index (κ1) is 20.5. The maximum absolute atomic E-state index is 12.4. The van der Waals surface area contributed by atoms with E-state index in [1.165, 1.54) is 11.3 Å².